The molecule has 2 aliphatic carbocycles. The van der Waals surface area contributed by atoms with E-state index < -0.39 is 0 Å². The van der Waals surface area contributed by atoms with Crippen LogP contribution >= 0.6 is 0 Å². The molecule has 0 aromatic carbocycles. The lowest BCUT2D eigenvalue weighted by atomic mass is 9.82. The highest BCUT2D eigenvalue weighted by atomic mass is 16.6. The summed E-state index contributed by atoms with van der Waals surface area (Å²) in [6.45, 7) is 2.87. The monoisotopic (exact) mass is 238 g/mol. The van der Waals surface area contributed by atoms with Crippen LogP contribution in [0.4, 0.5) is 0 Å². The van der Waals surface area contributed by atoms with Gasteiger partial charge in [0.05, 0.1) is 0 Å². The molecule has 0 spiro atoms. The fourth-order valence-corrected chi connectivity index (χ4v) is 4.05. The van der Waals surface area contributed by atoms with E-state index in [9.17, 15) is 4.79 Å². The maximum absolute atomic E-state index is 12.1. The summed E-state index contributed by atoms with van der Waals surface area (Å²) in [4.78, 5) is 12.1. The van der Waals surface area contributed by atoms with Crippen LogP contribution in [0.3, 0.4) is 0 Å². The second kappa shape index (κ2) is 4.27. The van der Waals surface area contributed by atoms with Gasteiger partial charge in [-0.05, 0) is 56.8 Å². The van der Waals surface area contributed by atoms with Crippen LogP contribution in [-0.4, -0.2) is 24.3 Å². The van der Waals surface area contributed by atoms with E-state index in [0.29, 0.717) is 12.5 Å². The van der Waals surface area contributed by atoms with E-state index in [2.05, 4.69) is 6.92 Å². The van der Waals surface area contributed by atoms with Crippen molar-refractivity contribution in [2.75, 3.05) is 6.61 Å². The molecule has 96 valence electrons. The zero-order valence-corrected chi connectivity index (χ0v) is 10.6. The first kappa shape index (κ1) is 11.5. The molecule has 4 unspecified atom stereocenters. The molecule has 1 saturated heterocycles. The van der Waals surface area contributed by atoms with Gasteiger partial charge in [-0.1, -0.05) is 6.92 Å². The summed E-state index contributed by atoms with van der Waals surface area (Å²) in [6.07, 6.45) is 7.46. The van der Waals surface area contributed by atoms with Gasteiger partial charge >= 0.3 is 5.97 Å². The zero-order chi connectivity index (χ0) is 11.9. The largest absolute Gasteiger partial charge is 0.457 e. The Morgan fingerprint density at radius 2 is 2.29 bits per heavy atom. The van der Waals surface area contributed by atoms with Crippen molar-refractivity contribution in [3.05, 3.63) is 0 Å². The van der Waals surface area contributed by atoms with Crippen LogP contribution in [0.2, 0.25) is 0 Å². The molecule has 2 bridgehead atoms. The van der Waals surface area contributed by atoms with Crippen LogP contribution < -0.4 is 0 Å². The smallest absolute Gasteiger partial charge is 0.335 e. The van der Waals surface area contributed by atoms with Gasteiger partial charge in [0.15, 0.2) is 6.10 Å². The highest BCUT2D eigenvalue weighted by Gasteiger charge is 2.53. The lowest BCUT2D eigenvalue weighted by Gasteiger charge is -2.37. The normalized spacial score (nSPS) is 44.2. The molecule has 3 rings (SSSR count). The van der Waals surface area contributed by atoms with Crippen LogP contribution in [0.15, 0.2) is 0 Å². The van der Waals surface area contributed by atoms with Crippen LogP contribution in [0.25, 0.3) is 0 Å². The van der Waals surface area contributed by atoms with E-state index in [4.69, 9.17) is 9.47 Å². The summed E-state index contributed by atoms with van der Waals surface area (Å²) >= 11 is 0. The zero-order valence-electron chi connectivity index (χ0n) is 10.6. The Bertz CT molecular complexity index is 309. The Labute approximate surface area is 103 Å². The second-order valence-corrected chi connectivity index (χ2v) is 5.92. The Morgan fingerprint density at radius 3 is 2.82 bits per heavy atom. The van der Waals surface area contributed by atoms with Crippen molar-refractivity contribution in [3.8, 4) is 0 Å². The quantitative estimate of drug-likeness (QED) is 0.709. The molecule has 3 fully saturated rings. The predicted octanol–water partition coefficient (Wildman–Crippen LogP) is 2.68. The van der Waals surface area contributed by atoms with Crippen molar-refractivity contribution in [1.29, 1.82) is 0 Å². The third-order valence-corrected chi connectivity index (χ3v) is 5.01. The average molecular weight is 238 g/mol. The molecule has 1 aliphatic heterocycles. The molecule has 3 nitrogen and oxygen atoms in total. The molecule has 3 aliphatic rings. The van der Waals surface area contributed by atoms with Crippen molar-refractivity contribution in [3.63, 3.8) is 0 Å². The maximum Gasteiger partial charge on any atom is 0.335 e. The lowest BCUT2D eigenvalue weighted by molar-refractivity contribution is -0.177. The highest BCUT2D eigenvalue weighted by molar-refractivity contribution is 5.75. The van der Waals surface area contributed by atoms with Gasteiger partial charge in [0, 0.05) is 6.61 Å². The fraction of sp³-hybridized carbons (Fsp3) is 0.929. The fourth-order valence-electron chi connectivity index (χ4n) is 4.05. The van der Waals surface area contributed by atoms with Crippen molar-refractivity contribution >= 4 is 5.97 Å². The Hall–Kier alpha value is -0.570. The van der Waals surface area contributed by atoms with Gasteiger partial charge in [0.2, 0.25) is 0 Å². The Balaban J connectivity index is 1.67. The number of fused-ring (bicyclic) bond motifs is 2. The van der Waals surface area contributed by atoms with Crippen LogP contribution in [0.5, 0.6) is 0 Å². The number of carbonyl (C=O) groups excluding carboxylic acids is 1. The summed E-state index contributed by atoms with van der Waals surface area (Å²) in [5, 5.41) is 0. The molecular weight excluding hydrogens is 216 g/mol. The third kappa shape index (κ3) is 1.88. The summed E-state index contributed by atoms with van der Waals surface area (Å²) in [7, 11) is 0. The summed E-state index contributed by atoms with van der Waals surface area (Å²) in [5.74, 6) is 1.32. The van der Waals surface area contributed by atoms with Crippen molar-refractivity contribution < 1.29 is 14.3 Å². The molecule has 0 amide bonds. The van der Waals surface area contributed by atoms with Crippen LogP contribution in [0, 0.1) is 11.8 Å². The van der Waals surface area contributed by atoms with E-state index in [1.807, 2.05) is 0 Å². The molecule has 0 N–H and O–H groups in total. The first-order chi connectivity index (χ1) is 8.23. The average Bonchev–Trinajstić information content (AvgIpc) is 3.05. The molecule has 3 heteroatoms. The molecular formula is C14H22O3. The van der Waals surface area contributed by atoms with Crippen molar-refractivity contribution in [1.82, 2.24) is 0 Å². The summed E-state index contributed by atoms with van der Waals surface area (Å²) in [6, 6.07) is 0. The van der Waals surface area contributed by atoms with Crippen molar-refractivity contribution in [2.45, 2.75) is 63.6 Å². The SMILES string of the molecule is CCC1(OC(=O)C2CCCO2)CC2CCC1C2. The van der Waals surface area contributed by atoms with Gasteiger partial charge in [-0.15, -0.1) is 0 Å². The second-order valence-electron chi connectivity index (χ2n) is 5.92. The molecule has 0 radical (unpaired) electrons. The van der Waals surface area contributed by atoms with Crippen LogP contribution in [-0.2, 0) is 14.3 Å². The van der Waals surface area contributed by atoms with E-state index in [1.54, 1.807) is 0 Å². The Morgan fingerprint density at radius 1 is 1.41 bits per heavy atom. The summed E-state index contributed by atoms with van der Waals surface area (Å²) in [5.41, 5.74) is -0.147. The summed E-state index contributed by atoms with van der Waals surface area (Å²) < 4.78 is 11.3. The van der Waals surface area contributed by atoms with Gasteiger partial charge in [0.25, 0.3) is 0 Å². The van der Waals surface area contributed by atoms with Crippen LogP contribution in [0.1, 0.15) is 51.9 Å². The molecule has 0 aromatic heterocycles. The van der Waals surface area contributed by atoms with Gasteiger partial charge in [0.1, 0.15) is 5.60 Å². The van der Waals surface area contributed by atoms with Gasteiger partial charge in [-0.2, -0.15) is 0 Å². The van der Waals surface area contributed by atoms with Gasteiger partial charge in [-0.25, -0.2) is 4.79 Å². The molecule has 4 atom stereocenters. The van der Waals surface area contributed by atoms with Gasteiger partial charge in [-0.3, -0.25) is 0 Å². The van der Waals surface area contributed by atoms with Crippen molar-refractivity contribution in [2.24, 2.45) is 11.8 Å². The third-order valence-electron chi connectivity index (χ3n) is 5.01. The number of hydrogen-bond acceptors (Lipinski definition) is 3. The number of esters is 1. The topological polar surface area (TPSA) is 35.5 Å². The molecule has 1 heterocycles. The maximum atomic E-state index is 12.1. The number of carbonyl (C=O) groups is 1. The highest BCUT2D eigenvalue weighted by Crippen LogP contribution is 2.54. The number of rotatable bonds is 3. The lowest BCUT2D eigenvalue weighted by Crippen LogP contribution is -2.42. The standard InChI is InChI=1S/C14H22O3/c1-2-14(9-10-5-6-11(14)8-10)17-13(15)12-4-3-7-16-12/h10-12H,2-9H2,1H3. The van der Waals surface area contributed by atoms with E-state index >= 15 is 0 Å². The van der Waals surface area contributed by atoms with E-state index in [-0.39, 0.29) is 17.7 Å². The minimum absolute atomic E-state index is 0.100. The first-order valence-corrected chi connectivity index (χ1v) is 7.08. The predicted molar refractivity (Wildman–Crippen MR) is 63.5 cm³/mol. The molecule has 0 aromatic rings. The number of ether oxygens (including phenoxy) is 2. The Kier molecular flexibility index (Phi) is 2.89. The molecule has 2 saturated carbocycles. The van der Waals surface area contributed by atoms with E-state index in [0.717, 1.165) is 31.6 Å². The van der Waals surface area contributed by atoms with E-state index in [1.165, 1.54) is 19.3 Å². The minimum Gasteiger partial charge on any atom is -0.457 e. The van der Waals surface area contributed by atoms with Gasteiger partial charge < -0.3 is 9.47 Å². The first-order valence-electron chi connectivity index (χ1n) is 7.08. The molecule has 17 heavy (non-hydrogen) atoms. The number of hydrogen-bond donors (Lipinski definition) is 0. The minimum atomic E-state index is -0.280.